The number of piperazine rings is 1. The van der Waals surface area contributed by atoms with E-state index in [0.717, 1.165) is 50.0 Å². The van der Waals surface area contributed by atoms with Gasteiger partial charge in [-0.3, -0.25) is 9.89 Å². The summed E-state index contributed by atoms with van der Waals surface area (Å²) in [6.07, 6.45) is 1.13. The van der Waals surface area contributed by atoms with E-state index in [1.54, 1.807) is 0 Å². The van der Waals surface area contributed by atoms with Crippen LogP contribution >= 0.6 is 24.0 Å². The topological polar surface area (TPSA) is 56.9 Å². The highest BCUT2D eigenvalue weighted by Gasteiger charge is 2.25. The third-order valence-electron chi connectivity index (χ3n) is 5.43. The Morgan fingerprint density at radius 2 is 1.86 bits per heavy atom. The summed E-state index contributed by atoms with van der Waals surface area (Å²) in [6, 6.07) is 13.3. The lowest BCUT2D eigenvalue weighted by molar-refractivity contribution is 0.126. The predicted molar refractivity (Wildman–Crippen MR) is 129 cm³/mol. The highest BCUT2D eigenvalue weighted by molar-refractivity contribution is 14.0. The zero-order valence-corrected chi connectivity index (χ0v) is 20.3. The van der Waals surface area contributed by atoms with Crippen molar-refractivity contribution in [2.45, 2.75) is 45.7 Å². The monoisotopic (exact) mass is 511 g/mol. The first-order valence-corrected chi connectivity index (χ1v) is 10.3. The van der Waals surface area contributed by atoms with Crippen LogP contribution in [0.15, 0.2) is 45.9 Å². The molecule has 3 rings (SSSR count). The van der Waals surface area contributed by atoms with Gasteiger partial charge in [-0.25, -0.2) is 0 Å². The van der Waals surface area contributed by atoms with E-state index in [1.165, 1.54) is 5.56 Å². The fourth-order valence-corrected chi connectivity index (χ4v) is 3.81. The average Bonchev–Trinajstić information content (AvgIpc) is 3.20. The molecular formula is C22H34IN5O. The van der Waals surface area contributed by atoms with Crippen molar-refractivity contribution in [3.8, 4) is 0 Å². The van der Waals surface area contributed by atoms with Gasteiger partial charge in [0.2, 0.25) is 0 Å². The van der Waals surface area contributed by atoms with Gasteiger partial charge in [0.25, 0.3) is 0 Å². The SMILES string of the molecule is CCC(c1ccccc1)N1CCN(C(=NC)NCc2cc(C(C)C)no2)CC1.I. The summed E-state index contributed by atoms with van der Waals surface area (Å²) in [5.74, 6) is 2.15. The number of nitrogens with zero attached hydrogens (tertiary/aromatic N) is 4. The third-order valence-corrected chi connectivity index (χ3v) is 5.43. The minimum atomic E-state index is 0. The number of guanidine groups is 1. The molecule has 2 heterocycles. The van der Waals surface area contributed by atoms with E-state index < -0.39 is 0 Å². The van der Waals surface area contributed by atoms with Crippen LogP contribution in [-0.2, 0) is 6.54 Å². The molecule has 6 nitrogen and oxygen atoms in total. The van der Waals surface area contributed by atoms with E-state index in [0.29, 0.717) is 18.5 Å². The second-order valence-corrected chi connectivity index (χ2v) is 7.63. The summed E-state index contributed by atoms with van der Waals surface area (Å²) < 4.78 is 5.43. The highest BCUT2D eigenvalue weighted by atomic mass is 127. The van der Waals surface area contributed by atoms with Crippen molar-refractivity contribution in [1.29, 1.82) is 0 Å². The van der Waals surface area contributed by atoms with Crippen molar-refractivity contribution in [3.05, 3.63) is 53.4 Å². The normalized spacial score (nSPS) is 16.6. The lowest BCUT2D eigenvalue weighted by Gasteiger charge is -2.40. The van der Waals surface area contributed by atoms with Crippen LogP contribution < -0.4 is 5.32 Å². The zero-order valence-electron chi connectivity index (χ0n) is 18.0. The lowest BCUT2D eigenvalue weighted by Crippen LogP contribution is -2.52. The lowest BCUT2D eigenvalue weighted by atomic mass is 10.0. The molecule has 0 amide bonds. The number of aliphatic imine (C=N–C) groups is 1. The van der Waals surface area contributed by atoms with Crippen molar-refractivity contribution in [1.82, 2.24) is 20.3 Å². The minimum Gasteiger partial charge on any atom is -0.359 e. The van der Waals surface area contributed by atoms with Crippen molar-refractivity contribution in [2.75, 3.05) is 33.2 Å². The summed E-state index contributed by atoms with van der Waals surface area (Å²) in [7, 11) is 1.84. The van der Waals surface area contributed by atoms with Gasteiger partial charge in [-0.1, -0.05) is 56.3 Å². The van der Waals surface area contributed by atoms with Crippen LogP contribution in [0.25, 0.3) is 0 Å². The molecule has 160 valence electrons. The molecule has 0 spiro atoms. The van der Waals surface area contributed by atoms with E-state index in [2.05, 4.69) is 76.4 Å². The van der Waals surface area contributed by atoms with E-state index in [-0.39, 0.29) is 24.0 Å². The maximum atomic E-state index is 5.43. The summed E-state index contributed by atoms with van der Waals surface area (Å²) >= 11 is 0. The van der Waals surface area contributed by atoms with Gasteiger partial charge in [-0.05, 0) is 17.9 Å². The fourth-order valence-electron chi connectivity index (χ4n) is 3.81. The maximum absolute atomic E-state index is 5.43. The Labute approximate surface area is 191 Å². The van der Waals surface area contributed by atoms with Crippen LogP contribution in [-0.4, -0.2) is 54.1 Å². The van der Waals surface area contributed by atoms with Crippen molar-refractivity contribution in [2.24, 2.45) is 4.99 Å². The van der Waals surface area contributed by atoms with Crippen molar-refractivity contribution < 1.29 is 4.52 Å². The molecule has 1 aliphatic rings. The Kier molecular flexibility index (Phi) is 9.42. The molecule has 1 N–H and O–H groups in total. The van der Waals surface area contributed by atoms with Crippen LogP contribution in [0, 0.1) is 0 Å². The molecule has 1 aromatic heterocycles. The van der Waals surface area contributed by atoms with Gasteiger partial charge in [0.1, 0.15) is 0 Å². The quantitative estimate of drug-likeness (QED) is 0.357. The second kappa shape index (κ2) is 11.5. The van der Waals surface area contributed by atoms with Gasteiger partial charge in [-0.15, -0.1) is 24.0 Å². The zero-order chi connectivity index (χ0) is 19.9. The highest BCUT2D eigenvalue weighted by Crippen LogP contribution is 2.25. The van der Waals surface area contributed by atoms with E-state index >= 15 is 0 Å². The standard InChI is InChI=1S/C22H33N5O.HI/c1-5-21(18-9-7-6-8-10-18)26-11-13-27(14-12-26)22(23-4)24-16-19-15-20(17(2)3)25-28-19;/h6-10,15,17,21H,5,11-14,16H2,1-4H3,(H,23,24);1H. The first-order valence-electron chi connectivity index (χ1n) is 10.3. The molecule has 0 saturated carbocycles. The van der Waals surface area contributed by atoms with Crippen LogP contribution in [0.2, 0.25) is 0 Å². The number of benzene rings is 1. The van der Waals surface area contributed by atoms with Crippen LogP contribution in [0.1, 0.15) is 56.2 Å². The van der Waals surface area contributed by atoms with Gasteiger partial charge < -0.3 is 14.7 Å². The molecule has 7 heteroatoms. The molecule has 29 heavy (non-hydrogen) atoms. The molecule has 1 aromatic carbocycles. The summed E-state index contributed by atoms with van der Waals surface area (Å²) in [6.45, 7) is 11.1. The molecule has 1 unspecified atom stereocenters. The second-order valence-electron chi connectivity index (χ2n) is 7.63. The Balaban J connectivity index is 0.00000300. The van der Waals surface area contributed by atoms with E-state index in [4.69, 9.17) is 4.52 Å². The Bertz CT molecular complexity index is 754. The molecule has 1 aliphatic heterocycles. The Morgan fingerprint density at radius 3 is 2.41 bits per heavy atom. The van der Waals surface area contributed by atoms with Crippen molar-refractivity contribution >= 4 is 29.9 Å². The molecule has 1 fully saturated rings. The smallest absolute Gasteiger partial charge is 0.194 e. The number of aromatic nitrogens is 1. The molecular weight excluding hydrogens is 477 g/mol. The van der Waals surface area contributed by atoms with E-state index in [9.17, 15) is 0 Å². The first kappa shape index (κ1) is 23.7. The van der Waals surface area contributed by atoms with Gasteiger partial charge in [0, 0.05) is 45.3 Å². The maximum Gasteiger partial charge on any atom is 0.194 e. The molecule has 1 atom stereocenters. The fraction of sp³-hybridized carbons (Fsp3) is 0.545. The number of nitrogens with one attached hydrogen (secondary N) is 1. The van der Waals surface area contributed by atoms with Gasteiger partial charge in [0.15, 0.2) is 11.7 Å². The number of hydrogen-bond donors (Lipinski definition) is 1. The van der Waals surface area contributed by atoms with Gasteiger partial charge in [-0.2, -0.15) is 0 Å². The Hall–Kier alpha value is -1.61. The third kappa shape index (κ3) is 6.18. The Morgan fingerprint density at radius 1 is 1.17 bits per heavy atom. The first-order chi connectivity index (χ1) is 13.6. The van der Waals surface area contributed by atoms with Gasteiger partial charge >= 0.3 is 0 Å². The summed E-state index contributed by atoms with van der Waals surface area (Å²) in [5, 5.41) is 7.55. The number of halogens is 1. The average molecular weight is 511 g/mol. The minimum absolute atomic E-state index is 0. The van der Waals surface area contributed by atoms with Crippen LogP contribution in [0.5, 0.6) is 0 Å². The number of hydrogen-bond acceptors (Lipinski definition) is 4. The van der Waals surface area contributed by atoms with E-state index in [1.807, 2.05) is 13.1 Å². The molecule has 2 aromatic rings. The predicted octanol–water partition coefficient (Wildman–Crippen LogP) is 4.26. The van der Waals surface area contributed by atoms with Crippen LogP contribution in [0.4, 0.5) is 0 Å². The summed E-state index contributed by atoms with van der Waals surface area (Å²) in [4.78, 5) is 9.38. The number of rotatable bonds is 6. The molecule has 0 bridgehead atoms. The van der Waals surface area contributed by atoms with Crippen molar-refractivity contribution in [3.63, 3.8) is 0 Å². The largest absolute Gasteiger partial charge is 0.359 e. The molecule has 0 aliphatic carbocycles. The summed E-state index contributed by atoms with van der Waals surface area (Å²) in [5.41, 5.74) is 2.40. The van der Waals surface area contributed by atoms with Gasteiger partial charge in [0.05, 0.1) is 12.2 Å². The molecule has 1 saturated heterocycles. The molecule has 0 radical (unpaired) electrons. The van der Waals surface area contributed by atoms with Crippen LogP contribution in [0.3, 0.4) is 0 Å².